The van der Waals surface area contributed by atoms with Crippen LogP contribution in [0.3, 0.4) is 0 Å². The maximum atomic E-state index is 14.3. The molecule has 2 aromatic carbocycles. The Kier molecular flexibility index (Phi) is 21.6. The highest BCUT2D eigenvalue weighted by Crippen LogP contribution is 2.19. The fraction of sp³-hybridized carbons (Fsp3) is 0.523. The van der Waals surface area contributed by atoms with Crippen molar-refractivity contribution in [1.29, 1.82) is 0 Å². The molecule has 0 unspecified atom stereocenters. The lowest BCUT2D eigenvalue weighted by atomic mass is 10.00. The molecule has 17 N–H and O–H groups in total. The Labute approximate surface area is 384 Å². The highest BCUT2D eigenvalue weighted by atomic mass is 16.4. The van der Waals surface area contributed by atoms with E-state index in [2.05, 4.69) is 36.6 Å². The van der Waals surface area contributed by atoms with E-state index in [4.69, 9.17) is 28.7 Å². The maximum Gasteiger partial charge on any atom is 0.326 e. The van der Waals surface area contributed by atoms with Crippen LogP contribution < -0.4 is 55.3 Å². The van der Waals surface area contributed by atoms with Gasteiger partial charge in [0.05, 0.1) is 6.04 Å². The van der Waals surface area contributed by atoms with Gasteiger partial charge in [-0.1, -0.05) is 56.3 Å². The topological polar surface area (TPSA) is 378 Å². The molecule has 22 nitrogen and oxygen atoms in total. The van der Waals surface area contributed by atoms with Crippen LogP contribution in [-0.2, 0) is 46.4 Å². The van der Waals surface area contributed by atoms with Crippen LogP contribution in [0.1, 0.15) is 76.8 Å². The third kappa shape index (κ3) is 18.3. The number of carboxylic acids is 1. The van der Waals surface area contributed by atoms with Crippen molar-refractivity contribution < 1.29 is 43.8 Å². The molecule has 1 heterocycles. The number of guanidine groups is 2. The fourth-order valence-corrected chi connectivity index (χ4v) is 7.30. The monoisotopic (exact) mass is 922 g/mol. The van der Waals surface area contributed by atoms with Crippen LogP contribution in [-0.4, -0.2) is 130 Å². The van der Waals surface area contributed by atoms with Crippen molar-refractivity contribution in [3.63, 3.8) is 0 Å². The van der Waals surface area contributed by atoms with Crippen molar-refractivity contribution >= 4 is 53.3 Å². The number of carboxylic acid groups (broad SMARTS) is 1. The third-order valence-electron chi connectivity index (χ3n) is 10.6. The number of hydrogen-bond donors (Lipinski definition) is 12. The predicted molar refractivity (Wildman–Crippen MR) is 247 cm³/mol. The van der Waals surface area contributed by atoms with Gasteiger partial charge >= 0.3 is 5.97 Å². The van der Waals surface area contributed by atoms with E-state index < -0.39 is 83.7 Å². The summed E-state index contributed by atoms with van der Waals surface area (Å²) in [7, 11) is 0. The second kappa shape index (κ2) is 26.7. The Morgan fingerprint density at radius 2 is 1.14 bits per heavy atom. The molecule has 0 saturated carbocycles. The summed E-state index contributed by atoms with van der Waals surface area (Å²) in [6.07, 6.45) is 1.28. The molecule has 1 aliphatic heterocycles. The van der Waals surface area contributed by atoms with Gasteiger partial charge < -0.3 is 70.4 Å². The lowest BCUT2D eigenvalue weighted by molar-refractivity contribution is -0.142. The summed E-state index contributed by atoms with van der Waals surface area (Å²) < 4.78 is 0. The summed E-state index contributed by atoms with van der Waals surface area (Å²) in [6, 6.07) is 6.32. The number of hydrogen-bond acceptors (Lipinski definition) is 11. The number of phenolic OH excluding ortho intramolecular Hbond substituents is 1. The highest BCUT2D eigenvalue weighted by molar-refractivity contribution is 5.97. The second-order valence-corrected chi connectivity index (χ2v) is 16.7. The van der Waals surface area contributed by atoms with Gasteiger partial charge in [-0.15, -0.1) is 0 Å². The first kappa shape index (κ1) is 53.4. The van der Waals surface area contributed by atoms with E-state index in [1.165, 1.54) is 36.1 Å². The summed E-state index contributed by atoms with van der Waals surface area (Å²) in [6.45, 7) is 5.69. The van der Waals surface area contributed by atoms with Gasteiger partial charge in [0, 0.05) is 32.5 Å². The summed E-state index contributed by atoms with van der Waals surface area (Å²) >= 11 is 0. The van der Waals surface area contributed by atoms with Gasteiger partial charge in [0.15, 0.2) is 11.9 Å². The first-order valence-corrected chi connectivity index (χ1v) is 22.0. The summed E-state index contributed by atoms with van der Waals surface area (Å²) in [5.41, 5.74) is 29.0. The molecule has 1 aliphatic rings. The molecule has 3 rings (SSSR count). The molecule has 0 bridgehead atoms. The number of nitrogens with two attached hydrogens (primary N) is 5. The number of aromatic hydroxyl groups is 1. The number of rotatable bonds is 26. The third-order valence-corrected chi connectivity index (χ3v) is 10.6. The zero-order valence-electron chi connectivity index (χ0n) is 37.8. The van der Waals surface area contributed by atoms with Crippen molar-refractivity contribution in [1.82, 2.24) is 31.5 Å². The van der Waals surface area contributed by atoms with Crippen molar-refractivity contribution in [2.75, 3.05) is 19.6 Å². The first-order chi connectivity index (χ1) is 31.2. The molecule has 362 valence electrons. The van der Waals surface area contributed by atoms with Gasteiger partial charge in [0.25, 0.3) is 0 Å². The second-order valence-electron chi connectivity index (χ2n) is 16.7. The van der Waals surface area contributed by atoms with E-state index in [1.54, 1.807) is 30.3 Å². The van der Waals surface area contributed by atoms with Gasteiger partial charge in [0.2, 0.25) is 35.4 Å². The van der Waals surface area contributed by atoms with Crippen LogP contribution in [0.15, 0.2) is 64.6 Å². The van der Waals surface area contributed by atoms with Gasteiger partial charge in [-0.05, 0) is 81.0 Å². The van der Waals surface area contributed by atoms with E-state index in [0.29, 0.717) is 30.5 Å². The summed E-state index contributed by atoms with van der Waals surface area (Å²) in [5, 5.41) is 33.2. The van der Waals surface area contributed by atoms with Crippen LogP contribution in [0.2, 0.25) is 0 Å². The number of carbonyl (C=O) groups excluding carboxylic acids is 6. The molecular weight excluding hydrogens is 855 g/mol. The smallest absolute Gasteiger partial charge is 0.326 e. The average Bonchev–Trinajstić information content (AvgIpc) is 3.75. The Balaban J connectivity index is 1.90. The number of aliphatic imine (C=N–C) groups is 2. The van der Waals surface area contributed by atoms with E-state index in [9.17, 15) is 43.8 Å². The number of nitrogens with one attached hydrogen (secondary N) is 5. The largest absolute Gasteiger partial charge is 0.508 e. The van der Waals surface area contributed by atoms with Crippen LogP contribution in [0.4, 0.5) is 0 Å². The van der Waals surface area contributed by atoms with Gasteiger partial charge in [-0.2, -0.15) is 0 Å². The Hall–Kier alpha value is -6.97. The van der Waals surface area contributed by atoms with Gasteiger partial charge in [0.1, 0.15) is 42.0 Å². The van der Waals surface area contributed by atoms with Crippen molar-refractivity contribution in [3.8, 4) is 5.75 Å². The van der Waals surface area contributed by atoms with Crippen molar-refractivity contribution in [2.24, 2.45) is 44.6 Å². The summed E-state index contributed by atoms with van der Waals surface area (Å²) in [4.78, 5) is 105. The Bertz CT molecular complexity index is 2010. The molecule has 7 atom stereocenters. The Morgan fingerprint density at radius 1 is 0.667 bits per heavy atom. The zero-order chi connectivity index (χ0) is 48.9. The SMILES string of the molecule is CC(C)C[C@H](NC(=O)[C@H](CCCN=C(N)N)NC(=O)[C@@H]1CCCN1C(=O)[C@H](C)N)C(=O)N[C@H](CCCN=C(N)N)C(=O)N[C@H](Cc1ccccc1)C(=O)N[C@H](Cc1ccc(O)cc1)C(=O)O. The van der Waals surface area contributed by atoms with E-state index >= 15 is 0 Å². The lowest BCUT2D eigenvalue weighted by Crippen LogP contribution is -2.60. The first-order valence-electron chi connectivity index (χ1n) is 22.0. The predicted octanol–water partition coefficient (Wildman–Crippen LogP) is -1.82. The van der Waals surface area contributed by atoms with Crippen LogP contribution in [0, 0.1) is 5.92 Å². The van der Waals surface area contributed by atoms with E-state index in [-0.39, 0.29) is 81.6 Å². The summed E-state index contributed by atoms with van der Waals surface area (Å²) in [5.74, 6) is -5.94. The molecule has 0 radical (unpaired) electrons. The lowest BCUT2D eigenvalue weighted by Gasteiger charge is -2.29. The van der Waals surface area contributed by atoms with E-state index in [0.717, 1.165) is 0 Å². The number of likely N-dealkylation sites (tertiary alicyclic amines) is 1. The number of carbonyl (C=O) groups is 7. The van der Waals surface area contributed by atoms with Crippen molar-refractivity contribution in [3.05, 3.63) is 65.7 Å². The van der Waals surface area contributed by atoms with Crippen LogP contribution in [0.25, 0.3) is 0 Å². The van der Waals surface area contributed by atoms with E-state index in [1.807, 2.05) is 13.8 Å². The van der Waals surface area contributed by atoms with Gasteiger partial charge in [-0.3, -0.25) is 38.8 Å². The standard InChI is InChI=1S/C44H67N13O9/c1-25(2)22-32(54-37(60)31(13-8-20-51-44(48)49)53-40(63)35-14-9-21-57(35)41(64)26(3)45)38(61)52-30(12-7-19-50-43(46)47)36(59)55-33(23-27-10-5-4-6-11-27)39(62)56-34(42(65)66)24-28-15-17-29(58)18-16-28/h4-6,10-11,15-18,25-26,30-35,58H,7-9,12-14,19-24,45H2,1-3H3,(H,52,61)(H,53,63)(H,54,60)(H,55,59)(H,56,62)(H,65,66)(H4,46,47,50)(H4,48,49,51)/t26-,30+,31-,32-,33+,34+,35-/m0/s1. The number of benzene rings is 2. The molecule has 0 aromatic heterocycles. The minimum Gasteiger partial charge on any atom is -0.508 e. The minimum atomic E-state index is -1.41. The molecule has 1 fully saturated rings. The number of aliphatic carboxylic acids is 1. The molecule has 6 amide bonds. The molecule has 2 aromatic rings. The number of nitrogens with zero attached hydrogens (tertiary/aromatic N) is 3. The Morgan fingerprint density at radius 3 is 1.67 bits per heavy atom. The van der Waals surface area contributed by atoms with Gasteiger partial charge in [-0.25, -0.2) is 4.79 Å². The molecule has 66 heavy (non-hydrogen) atoms. The molecule has 1 saturated heterocycles. The normalized spacial score (nSPS) is 16.0. The maximum absolute atomic E-state index is 14.3. The number of phenols is 1. The minimum absolute atomic E-state index is 0.0220. The average molecular weight is 922 g/mol. The van der Waals surface area contributed by atoms with Crippen LogP contribution >= 0.6 is 0 Å². The molecule has 0 aliphatic carbocycles. The zero-order valence-corrected chi connectivity index (χ0v) is 37.8. The quantitative estimate of drug-likeness (QED) is 0.0281. The highest BCUT2D eigenvalue weighted by Gasteiger charge is 2.38. The fourth-order valence-electron chi connectivity index (χ4n) is 7.30. The molecule has 0 spiro atoms. The van der Waals surface area contributed by atoms with Crippen molar-refractivity contribution in [2.45, 2.75) is 121 Å². The molecule has 22 heteroatoms. The molecular formula is C44H67N13O9. The van der Waals surface area contributed by atoms with Crippen LogP contribution in [0.5, 0.6) is 5.75 Å². The number of amides is 6.